The third kappa shape index (κ3) is 0.678. The van der Waals surface area contributed by atoms with Gasteiger partial charge in [0, 0.05) is 12.4 Å². The van der Waals surface area contributed by atoms with Gasteiger partial charge in [-0.1, -0.05) is 0 Å². The normalized spacial score (nSPS) is 38.1. The van der Waals surface area contributed by atoms with E-state index in [4.69, 9.17) is 0 Å². The summed E-state index contributed by atoms with van der Waals surface area (Å²) in [6, 6.07) is 0. The van der Waals surface area contributed by atoms with Crippen molar-refractivity contribution in [2.24, 2.45) is 4.99 Å². The van der Waals surface area contributed by atoms with E-state index in [-0.39, 0.29) is 0 Å². The maximum absolute atomic E-state index is 4.25. The van der Waals surface area contributed by atoms with E-state index in [1.807, 2.05) is 18.0 Å². The van der Waals surface area contributed by atoms with Gasteiger partial charge in [0.2, 0.25) is 0 Å². The minimum absolute atomic E-state index is 0.362. The number of thioether (sulfide) groups is 1. The molecule has 9 heavy (non-hydrogen) atoms. The summed E-state index contributed by atoms with van der Waals surface area (Å²) < 4.78 is 0. The molecule has 2 rings (SSSR count). The molecule has 0 N–H and O–H groups in total. The van der Waals surface area contributed by atoms with Crippen molar-refractivity contribution >= 4 is 18.0 Å². The Kier molecular flexibility index (Phi) is 1.05. The predicted molar refractivity (Wildman–Crippen MR) is 40.3 cm³/mol. The van der Waals surface area contributed by atoms with Crippen molar-refractivity contribution in [2.75, 3.05) is 0 Å². The van der Waals surface area contributed by atoms with Gasteiger partial charge in [0.05, 0.1) is 0 Å². The molecule has 0 saturated heterocycles. The quantitative estimate of drug-likeness (QED) is 0.503. The van der Waals surface area contributed by atoms with Crippen molar-refractivity contribution in [1.82, 2.24) is 4.90 Å². The van der Waals surface area contributed by atoms with Crippen LogP contribution in [0.5, 0.6) is 0 Å². The number of nitrogens with zero attached hydrogens (tertiary/aromatic N) is 2. The van der Waals surface area contributed by atoms with Gasteiger partial charge in [-0.05, 0) is 12.3 Å². The average molecular weight is 140 g/mol. The zero-order chi connectivity index (χ0) is 6.27. The molecule has 0 amide bonds. The van der Waals surface area contributed by atoms with E-state index in [1.165, 1.54) is 0 Å². The van der Waals surface area contributed by atoms with Crippen LogP contribution in [0, 0.1) is 0 Å². The van der Waals surface area contributed by atoms with Crippen LogP contribution in [0.1, 0.15) is 6.92 Å². The van der Waals surface area contributed by atoms with Gasteiger partial charge >= 0.3 is 0 Å². The van der Waals surface area contributed by atoms with E-state index in [0.29, 0.717) is 11.5 Å². The molecule has 0 aromatic rings. The second-order valence-corrected chi connectivity index (χ2v) is 3.22. The molecule has 2 heterocycles. The van der Waals surface area contributed by atoms with Gasteiger partial charge in [0.1, 0.15) is 11.5 Å². The smallest absolute Gasteiger partial charge is 0.118 e. The van der Waals surface area contributed by atoms with Gasteiger partial charge in [-0.2, -0.15) is 0 Å². The lowest BCUT2D eigenvalue weighted by molar-refractivity contribution is 0.356. The third-order valence-corrected chi connectivity index (χ3v) is 2.53. The molecule has 0 radical (unpaired) electrons. The second kappa shape index (κ2) is 1.77. The molecule has 0 fully saturated rings. The summed E-state index contributed by atoms with van der Waals surface area (Å²) in [6.45, 7) is 2.10. The molecule has 48 valence electrons. The van der Waals surface area contributed by atoms with Gasteiger partial charge in [-0.15, -0.1) is 11.8 Å². The van der Waals surface area contributed by atoms with Crippen LogP contribution >= 0.6 is 11.8 Å². The molecule has 0 saturated carbocycles. The van der Waals surface area contributed by atoms with Gasteiger partial charge in [-0.3, -0.25) is 4.99 Å². The fraction of sp³-hybridized carbons (Fsp3) is 0.500. The van der Waals surface area contributed by atoms with Crippen molar-refractivity contribution in [1.29, 1.82) is 0 Å². The fourth-order valence-corrected chi connectivity index (χ4v) is 1.96. The Labute approximate surface area is 58.6 Å². The number of hydrogen-bond acceptors (Lipinski definition) is 3. The molecule has 0 spiro atoms. The summed E-state index contributed by atoms with van der Waals surface area (Å²) >= 11 is 1.81. The molecule has 0 bridgehead atoms. The Hall–Kier alpha value is -0.440. The lowest BCUT2D eigenvalue weighted by Gasteiger charge is -2.17. The van der Waals surface area contributed by atoms with Crippen LogP contribution in [-0.4, -0.2) is 22.7 Å². The summed E-state index contributed by atoms with van der Waals surface area (Å²) in [4.78, 5) is 6.49. The van der Waals surface area contributed by atoms with Gasteiger partial charge < -0.3 is 4.90 Å². The zero-order valence-corrected chi connectivity index (χ0v) is 6.01. The van der Waals surface area contributed by atoms with Crippen LogP contribution in [0.2, 0.25) is 0 Å². The minimum Gasteiger partial charge on any atom is -0.338 e. The van der Waals surface area contributed by atoms with E-state index < -0.39 is 0 Å². The Bertz CT molecular complexity index is 176. The average Bonchev–Trinajstić information content (AvgIpc) is 2.35. The van der Waals surface area contributed by atoms with E-state index >= 15 is 0 Å². The van der Waals surface area contributed by atoms with Crippen molar-refractivity contribution in [2.45, 2.75) is 18.5 Å². The monoisotopic (exact) mass is 140 g/mol. The zero-order valence-electron chi connectivity index (χ0n) is 5.19. The summed E-state index contributed by atoms with van der Waals surface area (Å²) in [5.74, 6) is 0. The topological polar surface area (TPSA) is 15.6 Å². The largest absolute Gasteiger partial charge is 0.338 e. The number of rotatable bonds is 0. The molecule has 0 aromatic carbocycles. The van der Waals surface area contributed by atoms with Crippen LogP contribution in [0.4, 0.5) is 0 Å². The third-order valence-electron chi connectivity index (χ3n) is 1.61. The van der Waals surface area contributed by atoms with Crippen molar-refractivity contribution < 1.29 is 0 Å². The Morgan fingerprint density at radius 3 is 3.33 bits per heavy atom. The van der Waals surface area contributed by atoms with Crippen LogP contribution in [0.15, 0.2) is 16.6 Å². The molecule has 0 aromatic heterocycles. The molecular weight excluding hydrogens is 132 g/mol. The highest BCUT2D eigenvalue weighted by molar-refractivity contribution is 8.03. The highest BCUT2D eigenvalue weighted by Crippen LogP contribution is 2.29. The molecule has 1 unspecified atom stereocenters. The van der Waals surface area contributed by atoms with Crippen LogP contribution in [-0.2, 0) is 0 Å². The summed E-state index contributed by atoms with van der Waals surface area (Å²) in [5.41, 5.74) is 0. The van der Waals surface area contributed by atoms with Crippen LogP contribution in [0.25, 0.3) is 0 Å². The van der Waals surface area contributed by atoms with E-state index in [0.717, 1.165) is 0 Å². The summed E-state index contributed by atoms with van der Waals surface area (Å²) in [5, 5.41) is 2.62. The molecular formula is C6H8N2S. The van der Waals surface area contributed by atoms with Crippen LogP contribution in [0.3, 0.4) is 0 Å². The second-order valence-electron chi connectivity index (χ2n) is 2.19. The van der Waals surface area contributed by atoms with Crippen molar-refractivity contribution in [3.05, 3.63) is 11.6 Å². The predicted octanol–water partition coefficient (Wildman–Crippen LogP) is 1.26. The number of hydrogen-bond donors (Lipinski definition) is 0. The van der Waals surface area contributed by atoms with E-state index in [9.17, 15) is 0 Å². The van der Waals surface area contributed by atoms with E-state index in [1.54, 1.807) is 0 Å². The number of fused-ring (bicyclic) bond motifs is 1. The Balaban J connectivity index is 2.22. The van der Waals surface area contributed by atoms with Gasteiger partial charge in [0.25, 0.3) is 0 Å². The SMILES string of the molecule is C[C@@H]1N=CC2SC=CN21. The lowest BCUT2D eigenvalue weighted by atomic mass is 10.5. The molecule has 3 heteroatoms. The summed E-state index contributed by atoms with van der Waals surface area (Å²) in [6.07, 6.45) is 4.48. The first-order valence-corrected chi connectivity index (χ1v) is 3.95. The maximum atomic E-state index is 4.25. The molecule has 2 aliphatic heterocycles. The summed E-state index contributed by atoms with van der Waals surface area (Å²) in [7, 11) is 0. The van der Waals surface area contributed by atoms with Gasteiger partial charge in [0.15, 0.2) is 0 Å². The van der Waals surface area contributed by atoms with E-state index in [2.05, 4.69) is 28.4 Å². The standard InChI is InChI=1S/C6H8N2S/c1-5-7-4-6-8(5)2-3-9-6/h2-6H,1H3/t5-,6?/m1/s1. The highest BCUT2D eigenvalue weighted by Gasteiger charge is 2.26. The first kappa shape index (κ1) is 5.35. The number of aliphatic imine (C=N–C) groups is 1. The molecule has 0 aliphatic carbocycles. The molecule has 2 aliphatic rings. The maximum Gasteiger partial charge on any atom is 0.118 e. The first-order chi connectivity index (χ1) is 4.38. The van der Waals surface area contributed by atoms with Crippen LogP contribution < -0.4 is 0 Å². The minimum atomic E-state index is 0.362. The van der Waals surface area contributed by atoms with Crippen molar-refractivity contribution in [3.8, 4) is 0 Å². The fourth-order valence-electron chi connectivity index (χ4n) is 1.07. The Morgan fingerprint density at radius 2 is 2.56 bits per heavy atom. The first-order valence-electron chi connectivity index (χ1n) is 3.01. The highest BCUT2D eigenvalue weighted by atomic mass is 32.2. The Morgan fingerprint density at radius 1 is 1.67 bits per heavy atom. The molecule has 2 nitrogen and oxygen atoms in total. The van der Waals surface area contributed by atoms with Crippen molar-refractivity contribution in [3.63, 3.8) is 0 Å². The lowest BCUT2D eigenvalue weighted by Crippen LogP contribution is -2.25. The van der Waals surface area contributed by atoms with Gasteiger partial charge in [-0.25, -0.2) is 0 Å². The molecule has 2 atom stereocenters.